The summed E-state index contributed by atoms with van der Waals surface area (Å²) in [7, 11) is 1.64. The number of ether oxygens (including phenoxy) is 1. The van der Waals surface area contributed by atoms with E-state index in [1.807, 2.05) is 48.5 Å². The minimum absolute atomic E-state index is 0.0808. The van der Waals surface area contributed by atoms with Crippen molar-refractivity contribution in [3.63, 3.8) is 0 Å². The highest BCUT2D eigenvalue weighted by Crippen LogP contribution is 2.66. The third kappa shape index (κ3) is 2.70. The minimum Gasteiger partial charge on any atom is -0.497 e. The average molecular weight is 399 g/mol. The highest BCUT2D eigenvalue weighted by Gasteiger charge is 2.67. The number of nitrogens with zero attached hydrogens (tertiary/aromatic N) is 1. The molecule has 1 N–H and O–H groups in total. The number of methoxy groups -OCH3 is 1. The van der Waals surface area contributed by atoms with Gasteiger partial charge in [-0.25, -0.2) is 4.79 Å². The van der Waals surface area contributed by atoms with Crippen molar-refractivity contribution in [2.75, 3.05) is 12.0 Å². The lowest BCUT2D eigenvalue weighted by atomic mass is 9.92. The van der Waals surface area contributed by atoms with E-state index in [2.05, 4.69) is 6.07 Å². The highest BCUT2D eigenvalue weighted by molar-refractivity contribution is 6.11. The summed E-state index contributed by atoms with van der Waals surface area (Å²) in [6, 6.07) is 22.6. The van der Waals surface area contributed by atoms with Crippen molar-refractivity contribution in [3.8, 4) is 5.75 Å². The zero-order valence-electron chi connectivity index (χ0n) is 16.5. The first-order valence-corrected chi connectivity index (χ1v) is 9.92. The van der Waals surface area contributed by atoms with Crippen molar-refractivity contribution >= 4 is 17.6 Å². The summed E-state index contributed by atoms with van der Waals surface area (Å²) in [4.78, 5) is 26.8. The molecule has 1 unspecified atom stereocenters. The molecule has 30 heavy (non-hydrogen) atoms. The van der Waals surface area contributed by atoms with Crippen LogP contribution in [0.5, 0.6) is 5.75 Å². The van der Waals surface area contributed by atoms with Crippen LogP contribution in [0.15, 0.2) is 72.8 Å². The Labute approximate surface area is 174 Å². The van der Waals surface area contributed by atoms with Crippen LogP contribution in [-0.4, -0.2) is 24.1 Å². The molecule has 1 saturated carbocycles. The Bertz CT molecular complexity index is 1170. The van der Waals surface area contributed by atoms with Gasteiger partial charge in [-0.2, -0.15) is 0 Å². The van der Waals surface area contributed by atoms with Crippen molar-refractivity contribution < 1.29 is 19.4 Å². The summed E-state index contributed by atoms with van der Waals surface area (Å²) in [6.07, 6.45) is 0.766. The summed E-state index contributed by atoms with van der Waals surface area (Å²) in [5.74, 6) is 0.00576. The third-order valence-electron chi connectivity index (χ3n) is 6.27. The fourth-order valence-corrected chi connectivity index (χ4v) is 4.75. The quantitative estimate of drug-likeness (QED) is 0.692. The summed E-state index contributed by atoms with van der Waals surface area (Å²) < 4.78 is 5.37. The molecule has 1 aliphatic carbocycles. The van der Waals surface area contributed by atoms with Crippen LogP contribution in [-0.2, 0) is 16.8 Å². The smallest absolute Gasteiger partial charge is 0.335 e. The molecule has 1 amide bonds. The monoisotopic (exact) mass is 399 g/mol. The molecule has 2 atom stereocenters. The lowest BCUT2D eigenvalue weighted by Crippen LogP contribution is -2.32. The van der Waals surface area contributed by atoms with Crippen LogP contribution in [0, 0.1) is 0 Å². The van der Waals surface area contributed by atoms with Crippen molar-refractivity contribution in [1.29, 1.82) is 0 Å². The largest absolute Gasteiger partial charge is 0.497 e. The molecule has 0 bridgehead atoms. The van der Waals surface area contributed by atoms with Crippen LogP contribution in [0.25, 0.3) is 0 Å². The predicted octanol–water partition coefficient (Wildman–Crippen LogP) is 4.37. The molecule has 1 heterocycles. The Hall–Kier alpha value is -3.60. The molecular weight excluding hydrogens is 378 g/mol. The van der Waals surface area contributed by atoms with E-state index < -0.39 is 11.4 Å². The van der Waals surface area contributed by atoms with E-state index in [-0.39, 0.29) is 17.4 Å². The molecule has 3 aromatic rings. The standard InChI is InChI=1S/C25H21NO4/c1-30-19-9-5-7-17(13-19)21-14-25(21)20-10-2-3-11-22(20)26(24(25)29)15-16-6-4-8-18(12-16)23(27)28/h2-13,21H,14-15H2,1H3,(H,27,28)/t21-,25?/m1/s1. The molecule has 1 aliphatic heterocycles. The SMILES string of the molecule is COc1cccc([C@H]2CC23C(=O)N(Cc2cccc(C(=O)O)c2)c2ccccc23)c1. The fraction of sp³-hybridized carbons (Fsp3) is 0.200. The number of benzene rings is 3. The first kappa shape index (κ1) is 18.4. The number of hydrogen-bond acceptors (Lipinski definition) is 3. The van der Waals surface area contributed by atoms with Crippen LogP contribution < -0.4 is 9.64 Å². The van der Waals surface area contributed by atoms with Gasteiger partial charge in [-0.1, -0.05) is 42.5 Å². The zero-order chi connectivity index (χ0) is 20.9. The van der Waals surface area contributed by atoms with E-state index in [1.165, 1.54) is 0 Å². The molecule has 0 radical (unpaired) electrons. The van der Waals surface area contributed by atoms with Gasteiger partial charge in [-0.05, 0) is 53.4 Å². The van der Waals surface area contributed by atoms with Gasteiger partial charge < -0.3 is 14.7 Å². The van der Waals surface area contributed by atoms with Crippen molar-refractivity contribution in [3.05, 3.63) is 95.1 Å². The van der Waals surface area contributed by atoms with Gasteiger partial charge in [0.25, 0.3) is 0 Å². The van der Waals surface area contributed by atoms with Crippen molar-refractivity contribution in [2.24, 2.45) is 0 Å². The Morgan fingerprint density at radius 3 is 2.70 bits per heavy atom. The van der Waals surface area contributed by atoms with E-state index in [0.717, 1.165) is 34.5 Å². The second-order valence-corrected chi connectivity index (χ2v) is 7.92. The number of hydrogen-bond donors (Lipinski definition) is 1. The van der Waals surface area contributed by atoms with Gasteiger partial charge in [0.05, 0.1) is 24.6 Å². The number of anilines is 1. The first-order valence-electron chi connectivity index (χ1n) is 9.92. The maximum Gasteiger partial charge on any atom is 0.335 e. The number of fused-ring (bicyclic) bond motifs is 2. The van der Waals surface area contributed by atoms with E-state index in [1.54, 1.807) is 30.2 Å². The molecule has 0 aromatic heterocycles. The Morgan fingerprint density at radius 2 is 1.90 bits per heavy atom. The summed E-state index contributed by atoms with van der Waals surface area (Å²) in [5, 5.41) is 9.29. The third-order valence-corrected chi connectivity index (χ3v) is 6.27. The number of carboxylic acid groups (broad SMARTS) is 1. The van der Waals surface area contributed by atoms with Crippen LogP contribution in [0.1, 0.15) is 39.4 Å². The molecule has 5 rings (SSSR count). The van der Waals surface area contributed by atoms with Crippen LogP contribution >= 0.6 is 0 Å². The Kier molecular flexibility index (Phi) is 4.13. The lowest BCUT2D eigenvalue weighted by Gasteiger charge is -2.19. The van der Waals surface area contributed by atoms with Gasteiger partial charge in [0, 0.05) is 11.6 Å². The van der Waals surface area contributed by atoms with Gasteiger partial charge in [0.15, 0.2) is 0 Å². The molecular formula is C25H21NO4. The molecule has 2 aliphatic rings. The summed E-state index contributed by atoms with van der Waals surface area (Å²) in [5.41, 5.74) is 3.54. The number of carboxylic acids is 1. The first-order chi connectivity index (χ1) is 14.5. The van der Waals surface area contributed by atoms with E-state index in [4.69, 9.17) is 4.74 Å². The molecule has 5 heteroatoms. The maximum absolute atomic E-state index is 13.7. The fourth-order valence-electron chi connectivity index (χ4n) is 4.75. The Morgan fingerprint density at radius 1 is 1.10 bits per heavy atom. The van der Waals surface area contributed by atoms with Gasteiger partial charge in [0.2, 0.25) is 5.91 Å². The second-order valence-electron chi connectivity index (χ2n) is 7.92. The van der Waals surface area contributed by atoms with Crippen LogP contribution in [0.2, 0.25) is 0 Å². The number of para-hydroxylation sites is 1. The minimum atomic E-state index is -0.971. The van der Waals surface area contributed by atoms with Crippen LogP contribution in [0.3, 0.4) is 0 Å². The maximum atomic E-state index is 13.7. The topological polar surface area (TPSA) is 66.8 Å². The lowest BCUT2D eigenvalue weighted by molar-refractivity contribution is -0.120. The van der Waals surface area contributed by atoms with E-state index >= 15 is 0 Å². The van der Waals surface area contributed by atoms with Crippen molar-refractivity contribution in [2.45, 2.75) is 24.3 Å². The van der Waals surface area contributed by atoms with E-state index in [0.29, 0.717) is 6.54 Å². The number of amides is 1. The molecule has 1 fully saturated rings. The van der Waals surface area contributed by atoms with E-state index in [9.17, 15) is 14.7 Å². The molecule has 5 nitrogen and oxygen atoms in total. The number of aromatic carboxylic acids is 1. The number of carbonyl (C=O) groups is 2. The predicted molar refractivity (Wildman–Crippen MR) is 113 cm³/mol. The summed E-state index contributed by atoms with van der Waals surface area (Å²) in [6.45, 7) is 0.351. The van der Waals surface area contributed by atoms with Gasteiger partial charge in [-0.15, -0.1) is 0 Å². The average Bonchev–Trinajstić information content (AvgIpc) is 3.49. The van der Waals surface area contributed by atoms with Gasteiger partial charge in [-0.3, -0.25) is 4.79 Å². The van der Waals surface area contributed by atoms with Gasteiger partial charge >= 0.3 is 5.97 Å². The highest BCUT2D eigenvalue weighted by atomic mass is 16.5. The van der Waals surface area contributed by atoms with Gasteiger partial charge in [0.1, 0.15) is 5.75 Å². The molecule has 3 aromatic carbocycles. The summed E-state index contributed by atoms with van der Waals surface area (Å²) >= 11 is 0. The zero-order valence-corrected chi connectivity index (χ0v) is 16.5. The van der Waals surface area contributed by atoms with Crippen LogP contribution in [0.4, 0.5) is 5.69 Å². The van der Waals surface area contributed by atoms with Crippen molar-refractivity contribution in [1.82, 2.24) is 0 Å². The number of carbonyl (C=O) groups excluding carboxylic acids is 1. The molecule has 1 spiro atoms. The second kappa shape index (κ2) is 6.73. The molecule has 0 saturated heterocycles. The molecule has 150 valence electrons. The normalized spacial score (nSPS) is 21.6. The Balaban J connectivity index is 1.51. The number of rotatable bonds is 5.